The highest BCUT2D eigenvalue weighted by Gasteiger charge is 2.24. The number of nitrogens with one attached hydrogen (secondary N) is 2. The van der Waals surface area contributed by atoms with E-state index >= 15 is 0 Å². The lowest BCUT2D eigenvalue weighted by Crippen LogP contribution is -2.44. The summed E-state index contributed by atoms with van der Waals surface area (Å²) in [5.41, 5.74) is 0. The molecular weight excluding hydrogens is 352 g/mol. The molecular formula is C18H36N4O3S. The molecule has 0 bridgehead atoms. The molecule has 2 aliphatic rings. The number of piperidine rings is 1. The van der Waals surface area contributed by atoms with Crippen molar-refractivity contribution in [3.63, 3.8) is 0 Å². The van der Waals surface area contributed by atoms with Gasteiger partial charge >= 0.3 is 0 Å². The van der Waals surface area contributed by atoms with Gasteiger partial charge in [0.15, 0.2) is 5.96 Å². The number of nitrogens with zero attached hydrogens (tertiary/aromatic N) is 2. The summed E-state index contributed by atoms with van der Waals surface area (Å²) in [7, 11) is -1.27. The molecule has 0 amide bonds. The molecule has 0 aromatic rings. The lowest BCUT2D eigenvalue weighted by molar-refractivity contribution is 0.0277. The van der Waals surface area contributed by atoms with E-state index in [1.165, 1.54) is 38.4 Å². The first-order valence-corrected chi connectivity index (χ1v) is 11.8. The molecule has 1 aliphatic carbocycles. The lowest BCUT2D eigenvalue weighted by atomic mass is 9.98. The molecule has 1 aliphatic heterocycles. The molecule has 0 radical (unpaired) electrons. The van der Waals surface area contributed by atoms with Gasteiger partial charge in [0.2, 0.25) is 10.0 Å². The molecule has 1 saturated heterocycles. The summed E-state index contributed by atoms with van der Waals surface area (Å²) in [5.74, 6) is 1.30. The van der Waals surface area contributed by atoms with Gasteiger partial charge in [-0.3, -0.25) is 4.99 Å². The zero-order valence-corrected chi connectivity index (χ0v) is 17.2. The molecule has 0 atom stereocenters. The second-order valence-corrected chi connectivity index (χ2v) is 9.45. The maximum Gasteiger partial charge on any atom is 0.211 e. The number of ether oxygens (including phenoxy) is 1. The van der Waals surface area contributed by atoms with Crippen LogP contribution in [0.1, 0.15) is 51.4 Å². The number of rotatable bonds is 8. The molecule has 2 fully saturated rings. The molecule has 0 aromatic carbocycles. The summed E-state index contributed by atoms with van der Waals surface area (Å²) >= 11 is 0. The van der Waals surface area contributed by atoms with Crippen molar-refractivity contribution in [1.29, 1.82) is 0 Å². The average Bonchev–Trinajstić information content (AvgIpc) is 2.64. The van der Waals surface area contributed by atoms with E-state index in [1.54, 1.807) is 11.4 Å². The van der Waals surface area contributed by atoms with Gasteiger partial charge in [0.05, 0.1) is 12.4 Å². The Hall–Kier alpha value is -0.860. The van der Waals surface area contributed by atoms with Crippen LogP contribution in [0.25, 0.3) is 0 Å². The number of aliphatic imine (C=N–C) groups is 1. The van der Waals surface area contributed by atoms with Crippen molar-refractivity contribution in [2.75, 3.05) is 46.1 Å². The first-order chi connectivity index (χ1) is 12.5. The monoisotopic (exact) mass is 388 g/mol. The van der Waals surface area contributed by atoms with E-state index in [9.17, 15) is 8.42 Å². The van der Waals surface area contributed by atoms with Gasteiger partial charge in [-0.2, -0.15) is 0 Å². The number of hydrogen-bond acceptors (Lipinski definition) is 4. The maximum atomic E-state index is 11.5. The summed E-state index contributed by atoms with van der Waals surface area (Å²) in [6, 6.07) is 0. The van der Waals surface area contributed by atoms with Crippen LogP contribution >= 0.6 is 0 Å². The van der Waals surface area contributed by atoms with Crippen molar-refractivity contribution < 1.29 is 13.2 Å². The smallest absolute Gasteiger partial charge is 0.211 e. The predicted molar refractivity (Wildman–Crippen MR) is 106 cm³/mol. The van der Waals surface area contributed by atoms with Crippen LogP contribution in [0, 0.1) is 5.92 Å². The Labute approximate surface area is 159 Å². The fourth-order valence-electron chi connectivity index (χ4n) is 3.67. The molecule has 152 valence electrons. The van der Waals surface area contributed by atoms with Crippen LogP contribution in [0.3, 0.4) is 0 Å². The minimum atomic E-state index is -3.05. The van der Waals surface area contributed by atoms with E-state index in [2.05, 4.69) is 15.6 Å². The van der Waals surface area contributed by atoms with Crippen molar-refractivity contribution in [2.45, 2.75) is 57.5 Å². The molecule has 0 aromatic heterocycles. The van der Waals surface area contributed by atoms with E-state index in [1.807, 2.05) is 0 Å². The van der Waals surface area contributed by atoms with Gasteiger partial charge in [0, 0.05) is 39.8 Å². The topological polar surface area (TPSA) is 83.0 Å². The van der Waals surface area contributed by atoms with Gasteiger partial charge < -0.3 is 15.4 Å². The minimum Gasteiger partial charge on any atom is -0.378 e. The van der Waals surface area contributed by atoms with Gasteiger partial charge in [-0.1, -0.05) is 19.3 Å². The zero-order chi connectivity index (χ0) is 18.8. The third-order valence-electron chi connectivity index (χ3n) is 5.34. The van der Waals surface area contributed by atoms with Crippen LogP contribution in [0.2, 0.25) is 0 Å². The van der Waals surface area contributed by atoms with Crippen molar-refractivity contribution in [2.24, 2.45) is 10.9 Å². The first-order valence-electron chi connectivity index (χ1n) is 10.0. The van der Waals surface area contributed by atoms with E-state index in [-0.39, 0.29) is 0 Å². The van der Waals surface area contributed by atoms with E-state index in [4.69, 9.17) is 4.74 Å². The van der Waals surface area contributed by atoms with Crippen molar-refractivity contribution in [1.82, 2.24) is 14.9 Å². The van der Waals surface area contributed by atoms with Gasteiger partial charge in [0.1, 0.15) is 0 Å². The fourth-order valence-corrected chi connectivity index (χ4v) is 4.54. The van der Waals surface area contributed by atoms with Crippen LogP contribution < -0.4 is 10.6 Å². The number of guanidine groups is 1. The van der Waals surface area contributed by atoms with E-state index in [0.29, 0.717) is 25.1 Å². The molecule has 2 rings (SSSR count). The highest BCUT2D eigenvalue weighted by Crippen LogP contribution is 2.20. The number of hydrogen-bond donors (Lipinski definition) is 2. The van der Waals surface area contributed by atoms with Crippen LogP contribution in [0.5, 0.6) is 0 Å². The Morgan fingerprint density at radius 1 is 1.12 bits per heavy atom. The van der Waals surface area contributed by atoms with Crippen LogP contribution in [-0.2, 0) is 14.8 Å². The van der Waals surface area contributed by atoms with Gasteiger partial charge in [-0.15, -0.1) is 0 Å². The largest absolute Gasteiger partial charge is 0.378 e. The molecule has 0 unspecified atom stereocenters. The summed E-state index contributed by atoms with van der Waals surface area (Å²) in [4.78, 5) is 4.26. The van der Waals surface area contributed by atoms with E-state index < -0.39 is 10.0 Å². The van der Waals surface area contributed by atoms with Crippen LogP contribution in [0.15, 0.2) is 4.99 Å². The normalized spacial score (nSPS) is 21.7. The summed E-state index contributed by atoms with van der Waals surface area (Å²) in [5, 5.41) is 6.70. The Kier molecular flexibility index (Phi) is 9.15. The lowest BCUT2D eigenvalue weighted by Gasteiger charge is -2.30. The second-order valence-electron chi connectivity index (χ2n) is 7.47. The van der Waals surface area contributed by atoms with Crippen molar-refractivity contribution in [3.05, 3.63) is 0 Å². The highest BCUT2D eigenvalue weighted by atomic mass is 32.2. The number of sulfonamides is 1. The second kappa shape index (κ2) is 11.1. The Balaban J connectivity index is 1.54. The summed E-state index contributed by atoms with van der Waals surface area (Å²) in [6.07, 6.45) is 10.9. The third kappa shape index (κ3) is 7.80. The quantitative estimate of drug-likeness (QED) is 0.375. The molecule has 0 spiro atoms. The summed E-state index contributed by atoms with van der Waals surface area (Å²) < 4.78 is 30.6. The highest BCUT2D eigenvalue weighted by molar-refractivity contribution is 7.88. The third-order valence-corrected chi connectivity index (χ3v) is 6.65. The predicted octanol–water partition coefficient (Wildman–Crippen LogP) is 1.56. The maximum absolute atomic E-state index is 11.5. The molecule has 1 saturated carbocycles. The Morgan fingerprint density at radius 2 is 1.81 bits per heavy atom. The zero-order valence-electron chi connectivity index (χ0n) is 16.4. The van der Waals surface area contributed by atoms with E-state index in [0.717, 1.165) is 44.9 Å². The Bertz CT molecular complexity index is 525. The fraction of sp³-hybridized carbons (Fsp3) is 0.944. The van der Waals surface area contributed by atoms with Crippen molar-refractivity contribution in [3.8, 4) is 0 Å². The van der Waals surface area contributed by atoms with Crippen LogP contribution in [-0.4, -0.2) is 70.9 Å². The molecule has 2 N–H and O–H groups in total. The van der Waals surface area contributed by atoms with Gasteiger partial charge in [-0.05, 0) is 38.0 Å². The SMILES string of the molecule is CN=C(NCCCOC1CCCCC1)NCC1CCN(S(C)(=O)=O)CC1. The Morgan fingerprint density at radius 3 is 2.42 bits per heavy atom. The summed E-state index contributed by atoms with van der Waals surface area (Å²) in [6.45, 7) is 3.72. The van der Waals surface area contributed by atoms with Gasteiger partial charge in [0.25, 0.3) is 0 Å². The minimum absolute atomic E-state index is 0.471. The van der Waals surface area contributed by atoms with Crippen molar-refractivity contribution >= 4 is 16.0 Å². The van der Waals surface area contributed by atoms with Crippen LogP contribution in [0.4, 0.5) is 0 Å². The average molecular weight is 389 g/mol. The molecule has 8 heteroatoms. The molecule has 7 nitrogen and oxygen atoms in total. The molecule has 26 heavy (non-hydrogen) atoms. The molecule has 1 heterocycles. The standard InChI is InChI=1S/C18H36N4O3S/c1-19-18(20-11-6-14-25-17-7-4-3-5-8-17)21-15-16-9-12-22(13-10-16)26(2,23)24/h16-17H,3-15H2,1-2H3,(H2,19,20,21). The van der Waals surface area contributed by atoms with Gasteiger partial charge in [-0.25, -0.2) is 12.7 Å². The first kappa shape index (κ1) is 21.4.